The number of hydrogen-bond donors (Lipinski definition) is 3. The second kappa shape index (κ2) is 26.9. The number of aliphatic hydroxyl groups is 1. The van der Waals surface area contributed by atoms with E-state index in [1.807, 2.05) is 0 Å². The number of halogens is 7. The lowest BCUT2D eigenvalue weighted by Gasteiger charge is -2.20. The molecule has 0 saturated carbocycles. The highest BCUT2D eigenvalue weighted by Gasteiger charge is 2.38. The maximum atomic E-state index is 11.3. The molecule has 308 valence electrons. The van der Waals surface area contributed by atoms with Crippen molar-refractivity contribution >= 4 is 104 Å². The van der Waals surface area contributed by atoms with Gasteiger partial charge in [0, 0.05) is 0 Å². The van der Waals surface area contributed by atoms with E-state index in [0.29, 0.717) is 0 Å². The predicted molar refractivity (Wildman–Crippen MR) is 199 cm³/mol. The smallest absolute Gasteiger partial charge is 0.481 e. The van der Waals surface area contributed by atoms with Gasteiger partial charge in [-0.15, -0.1) is 0 Å². The monoisotopic (exact) mass is 1020 g/mol. The van der Waals surface area contributed by atoms with Gasteiger partial charge in [0.15, 0.2) is 0 Å². The molecule has 0 aromatic heterocycles. The number of carboxylic acids is 2. The molecule has 0 unspecified atom stereocenters. The molecule has 14 nitrogen and oxygen atoms in total. The first-order valence-electron chi connectivity index (χ1n) is 14.9. The van der Waals surface area contributed by atoms with E-state index in [1.165, 1.54) is 0 Å². The molecule has 0 aliphatic heterocycles. The number of alkyl halides is 6. The SMILES string of the molecule is CC(C)(Br)C(=O)Br.CC(C)(Br)C(=O)OCCC(=O)O.CC(C)(C)OC(=O)CCO.CC(C)(C)OC(=O)CCOC(=O)C(C)(C)Br.O=C(O)C(F)(F)F. The number of carboxylic acid groups (broad SMARTS) is 2. The van der Waals surface area contributed by atoms with Crippen LogP contribution in [0.4, 0.5) is 13.2 Å². The Morgan fingerprint density at radius 2 is 0.827 bits per heavy atom. The maximum Gasteiger partial charge on any atom is 0.490 e. The summed E-state index contributed by atoms with van der Waals surface area (Å²) in [5.41, 5.74) is -0.942. The molecule has 0 saturated heterocycles. The molecule has 52 heavy (non-hydrogen) atoms. The van der Waals surface area contributed by atoms with Crippen molar-refractivity contribution in [3.05, 3.63) is 0 Å². The van der Waals surface area contributed by atoms with Gasteiger partial charge in [-0.25, -0.2) is 4.79 Å². The van der Waals surface area contributed by atoms with E-state index in [-0.39, 0.29) is 55.7 Å². The van der Waals surface area contributed by atoms with Crippen LogP contribution in [-0.4, -0.2) is 106 Å². The van der Waals surface area contributed by atoms with Crippen molar-refractivity contribution in [3.63, 3.8) is 0 Å². The molecule has 0 aliphatic rings. The van der Waals surface area contributed by atoms with Gasteiger partial charge in [-0.1, -0.05) is 47.8 Å². The number of carbonyl (C=O) groups is 7. The van der Waals surface area contributed by atoms with Crippen LogP contribution in [0, 0.1) is 0 Å². The maximum absolute atomic E-state index is 11.3. The van der Waals surface area contributed by atoms with E-state index in [4.69, 9.17) is 34.3 Å². The van der Waals surface area contributed by atoms with Gasteiger partial charge >= 0.3 is 42.0 Å². The highest BCUT2D eigenvalue weighted by molar-refractivity contribution is 9.20. The van der Waals surface area contributed by atoms with Crippen molar-refractivity contribution in [2.24, 2.45) is 0 Å². The third-order valence-corrected chi connectivity index (χ3v) is 6.46. The minimum absolute atomic E-state index is 0.0278. The van der Waals surface area contributed by atoms with Crippen LogP contribution in [-0.2, 0) is 52.5 Å². The van der Waals surface area contributed by atoms with Gasteiger partial charge in [-0.3, -0.25) is 28.8 Å². The van der Waals surface area contributed by atoms with E-state index in [0.717, 1.165) is 0 Å². The summed E-state index contributed by atoms with van der Waals surface area (Å²) in [4.78, 5) is 73.5. The average molecular weight is 1020 g/mol. The molecule has 0 rings (SSSR count). The van der Waals surface area contributed by atoms with Crippen molar-refractivity contribution in [2.75, 3.05) is 19.8 Å². The number of hydrogen-bond acceptors (Lipinski definition) is 12. The average Bonchev–Trinajstić information content (AvgIpc) is 2.85. The van der Waals surface area contributed by atoms with Crippen molar-refractivity contribution in [1.29, 1.82) is 0 Å². The van der Waals surface area contributed by atoms with Crippen LogP contribution >= 0.6 is 63.7 Å². The fourth-order valence-electron chi connectivity index (χ4n) is 1.68. The van der Waals surface area contributed by atoms with Crippen molar-refractivity contribution in [3.8, 4) is 0 Å². The van der Waals surface area contributed by atoms with E-state index in [1.54, 1.807) is 83.1 Å². The Bertz CT molecular complexity index is 1100. The first kappa shape index (κ1) is 59.4. The lowest BCUT2D eigenvalue weighted by molar-refractivity contribution is -0.192. The van der Waals surface area contributed by atoms with Gasteiger partial charge in [0.05, 0.1) is 30.2 Å². The third kappa shape index (κ3) is 48.2. The van der Waals surface area contributed by atoms with Crippen LogP contribution in [0.3, 0.4) is 0 Å². The number of ether oxygens (including phenoxy) is 4. The molecule has 3 N–H and O–H groups in total. The summed E-state index contributed by atoms with van der Waals surface area (Å²) in [7, 11) is 0. The predicted octanol–water partition coefficient (Wildman–Crippen LogP) is 7.04. The molecule has 0 atom stereocenters. The Labute approximate surface area is 336 Å². The van der Waals surface area contributed by atoms with Gasteiger partial charge in [0.2, 0.25) is 4.69 Å². The second-order valence-corrected chi connectivity index (χ2v) is 20.0. The quantitative estimate of drug-likeness (QED) is 0.0819. The Balaban J connectivity index is -0.000000184. The van der Waals surface area contributed by atoms with Crippen LogP contribution in [0.15, 0.2) is 0 Å². The number of rotatable bonds is 11. The van der Waals surface area contributed by atoms with E-state index < -0.39 is 54.2 Å². The number of esters is 4. The van der Waals surface area contributed by atoms with Gasteiger partial charge in [-0.05, 0) is 99.0 Å². The van der Waals surface area contributed by atoms with Crippen LogP contribution < -0.4 is 0 Å². The topological polar surface area (TPSA) is 217 Å². The molecule has 0 heterocycles. The van der Waals surface area contributed by atoms with Gasteiger partial charge in [0.25, 0.3) is 0 Å². The number of aliphatic hydroxyl groups excluding tert-OH is 1. The minimum Gasteiger partial charge on any atom is -0.481 e. The summed E-state index contributed by atoms with van der Waals surface area (Å²) in [6, 6.07) is 0. The molecule has 0 bridgehead atoms. The first-order chi connectivity index (χ1) is 22.7. The summed E-state index contributed by atoms with van der Waals surface area (Å²) in [6.07, 6.45) is -5.09. The largest absolute Gasteiger partial charge is 0.490 e. The lowest BCUT2D eigenvalue weighted by atomic mass is 10.2. The van der Waals surface area contributed by atoms with Gasteiger partial charge in [0.1, 0.15) is 33.1 Å². The van der Waals surface area contributed by atoms with E-state index in [9.17, 15) is 41.9 Å². The first-order valence-corrected chi connectivity index (χ1v) is 18.0. The highest BCUT2D eigenvalue weighted by atomic mass is 79.9. The van der Waals surface area contributed by atoms with Crippen LogP contribution in [0.1, 0.15) is 102 Å². The Morgan fingerprint density at radius 1 is 0.558 bits per heavy atom. The molecular weight excluding hydrogens is 973 g/mol. The van der Waals surface area contributed by atoms with Crippen LogP contribution in [0.5, 0.6) is 0 Å². The minimum atomic E-state index is -5.08. The molecule has 21 heteroatoms. The summed E-state index contributed by atoms with van der Waals surface area (Å²) in [5, 5.41) is 23.7. The van der Waals surface area contributed by atoms with Crippen LogP contribution in [0.25, 0.3) is 0 Å². The molecule has 0 aliphatic carbocycles. The summed E-state index contributed by atoms with van der Waals surface area (Å²) in [6.45, 7) is 20.8. The van der Waals surface area contributed by atoms with Crippen molar-refractivity contribution in [1.82, 2.24) is 0 Å². The van der Waals surface area contributed by atoms with Crippen LogP contribution in [0.2, 0.25) is 0 Å². The Hall–Kier alpha value is -1.84. The summed E-state index contributed by atoms with van der Waals surface area (Å²) in [5.74, 6) is -5.30. The van der Waals surface area contributed by atoms with E-state index >= 15 is 0 Å². The Kier molecular flexibility index (Phi) is 30.7. The number of aliphatic carboxylic acids is 2. The summed E-state index contributed by atoms with van der Waals surface area (Å²) < 4.78 is 49.3. The summed E-state index contributed by atoms with van der Waals surface area (Å²) >= 11 is 12.2. The van der Waals surface area contributed by atoms with Gasteiger partial charge in [-0.2, -0.15) is 13.2 Å². The number of carbonyl (C=O) groups excluding carboxylic acids is 5. The Morgan fingerprint density at radius 3 is 1.02 bits per heavy atom. The molecule has 0 fully saturated rings. The zero-order valence-electron chi connectivity index (χ0n) is 31.2. The zero-order valence-corrected chi connectivity index (χ0v) is 37.6. The molecule has 0 radical (unpaired) electrons. The normalized spacial score (nSPS) is 11.5. The van der Waals surface area contributed by atoms with Crippen molar-refractivity contribution in [2.45, 2.75) is 133 Å². The second-order valence-electron chi connectivity index (χ2n) is 13.3. The molecule has 0 aromatic rings. The third-order valence-electron chi connectivity index (χ3n) is 3.93. The fraction of sp³-hybridized carbons (Fsp3) is 0.774. The zero-order chi connectivity index (χ0) is 43.1. The fourth-order valence-corrected chi connectivity index (χ4v) is 1.91. The standard InChI is InChI=1S/C11H19BrO4.C7H11BrO4.C7H14O3.C4H6Br2O.C2HF3O2/c1-10(2,3)16-8(13)6-7-15-9(14)11(4,5)12;1-7(2,8)6(11)12-4-3-5(9)10;1-7(2,3)10-6(9)4-5-8;1-4(2,6)3(5)7;3-2(4,5)1(6)7/h6-7H2,1-5H3;3-4H2,1-2H3,(H,9,10);8H,4-5H2,1-3H3;1-2H3;(H,6,7). The molecular formula is C31H51Br4F3O14. The van der Waals surface area contributed by atoms with E-state index in [2.05, 4.69) is 68.5 Å². The molecule has 0 spiro atoms. The van der Waals surface area contributed by atoms with Crippen molar-refractivity contribution < 1.29 is 81.0 Å². The molecule has 0 aromatic carbocycles. The highest BCUT2D eigenvalue weighted by Crippen LogP contribution is 2.20. The van der Waals surface area contributed by atoms with Gasteiger partial charge < -0.3 is 34.3 Å². The molecule has 0 amide bonds. The lowest BCUT2D eigenvalue weighted by Crippen LogP contribution is -2.28.